The minimum absolute atomic E-state index is 0.0287. The van der Waals surface area contributed by atoms with Crippen molar-refractivity contribution in [3.05, 3.63) is 69.7 Å². The number of nitrogens with one attached hydrogen (secondary N) is 1. The molecule has 0 radical (unpaired) electrons. The van der Waals surface area contributed by atoms with Gasteiger partial charge in [0.15, 0.2) is 0 Å². The molecular weight excluding hydrogens is 799 g/mol. The highest BCUT2D eigenvalue weighted by atomic mass is 35.5. The molecule has 6 rings (SSSR count). The average molecular weight is 866 g/mol. The molecule has 0 aromatic heterocycles. The first-order valence-corrected chi connectivity index (χ1v) is 21.6. The van der Waals surface area contributed by atoms with Crippen LogP contribution in [-0.4, -0.2) is 150 Å². The van der Waals surface area contributed by atoms with Gasteiger partial charge in [-0.25, -0.2) is 9.59 Å². The lowest BCUT2D eigenvalue weighted by Gasteiger charge is -2.46. The molecule has 4 aliphatic heterocycles. The predicted molar refractivity (Wildman–Crippen MR) is 229 cm³/mol. The van der Waals surface area contributed by atoms with Crippen molar-refractivity contribution in [2.24, 2.45) is 0 Å². The number of hydrogen-bond donors (Lipinski definition) is 3. The van der Waals surface area contributed by atoms with Crippen LogP contribution in [0.15, 0.2) is 48.5 Å². The molecule has 2 aromatic rings. The number of nitrogens with zero attached hydrogens (tertiary/aromatic N) is 3. The average Bonchev–Trinajstić information content (AvgIpc) is 3.19. The highest BCUT2D eigenvalue weighted by Gasteiger charge is 2.37. The van der Waals surface area contributed by atoms with E-state index in [0.717, 1.165) is 42.3 Å². The van der Waals surface area contributed by atoms with Crippen LogP contribution in [0.1, 0.15) is 78.4 Å². The van der Waals surface area contributed by atoms with E-state index < -0.39 is 11.2 Å². The third-order valence-corrected chi connectivity index (χ3v) is 10.8. The molecule has 4 heterocycles. The van der Waals surface area contributed by atoms with Gasteiger partial charge in [0, 0.05) is 80.3 Å². The van der Waals surface area contributed by atoms with E-state index in [9.17, 15) is 19.5 Å². The number of piperidine rings is 2. The smallest absolute Gasteiger partial charge is 0.410 e. The second-order valence-electron chi connectivity index (χ2n) is 17.6. The van der Waals surface area contributed by atoms with Crippen molar-refractivity contribution in [2.45, 2.75) is 122 Å². The van der Waals surface area contributed by atoms with Crippen LogP contribution in [0.4, 0.5) is 9.59 Å². The number of carbonyl (C=O) groups excluding carboxylic acids is 3. The topological polar surface area (TPSA) is 150 Å². The number of Topliss-reactive ketones (excluding diaryl/α,β-unsaturated/α-hetero) is 1. The van der Waals surface area contributed by atoms with Crippen LogP contribution in [0.5, 0.6) is 0 Å². The van der Waals surface area contributed by atoms with E-state index in [-0.39, 0.29) is 49.4 Å². The molecule has 0 spiro atoms. The number of carbonyl (C=O) groups is 3. The molecule has 59 heavy (non-hydrogen) atoms. The summed E-state index contributed by atoms with van der Waals surface area (Å²) >= 11 is 11.8. The molecule has 13 nitrogen and oxygen atoms in total. The van der Waals surface area contributed by atoms with Crippen molar-refractivity contribution < 1.29 is 43.5 Å². The number of aliphatic hydroxyl groups is 2. The molecule has 3 N–H and O–H groups in total. The molecule has 2 aromatic carbocycles. The number of hydrogen-bond acceptors (Lipinski definition) is 11. The molecule has 4 atom stereocenters. The van der Waals surface area contributed by atoms with Crippen molar-refractivity contribution in [3.63, 3.8) is 0 Å². The molecule has 0 unspecified atom stereocenters. The second kappa shape index (κ2) is 23.3. The minimum Gasteiger partial charge on any atom is -0.444 e. The third-order valence-electron chi connectivity index (χ3n) is 10.3. The summed E-state index contributed by atoms with van der Waals surface area (Å²) in [5.41, 5.74) is 1.53. The van der Waals surface area contributed by atoms with Crippen molar-refractivity contribution >= 4 is 41.2 Å². The highest BCUT2D eigenvalue weighted by Crippen LogP contribution is 2.26. The van der Waals surface area contributed by atoms with Crippen LogP contribution in [0, 0.1) is 0 Å². The lowest BCUT2D eigenvalue weighted by atomic mass is 9.96. The van der Waals surface area contributed by atoms with Crippen molar-refractivity contribution in [1.82, 2.24) is 20.0 Å². The Morgan fingerprint density at radius 2 is 1.20 bits per heavy atom. The monoisotopic (exact) mass is 864 g/mol. The Morgan fingerprint density at radius 1 is 0.729 bits per heavy atom. The molecule has 0 bridgehead atoms. The summed E-state index contributed by atoms with van der Waals surface area (Å²) in [6, 6.07) is 16.7. The van der Waals surface area contributed by atoms with E-state index in [4.69, 9.17) is 47.3 Å². The van der Waals surface area contributed by atoms with Gasteiger partial charge in [0.05, 0.1) is 38.6 Å². The van der Waals surface area contributed by atoms with Gasteiger partial charge in [0.25, 0.3) is 0 Å². The Hall–Kier alpha value is -3.01. The summed E-state index contributed by atoms with van der Waals surface area (Å²) in [6.07, 6.45) is 3.76. The van der Waals surface area contributed by atoms with Gasteiger partial charge in [-0.2, -0.15) is 0 Å². The summed E-state index contributed by atoms with van der Waals surface area (Å²) in [4.78, 5) is 40.7. The van der Waals surface area contributed by atoms with Gasteiger partial charge in [0.1, 0.15) is 17.0 Å². The number of amides is 2. The molecule has 4 fully saturated rings. The molecule has 15 heteroatoms. The number of ketones is 1. The zero-order chi connectivity index (χ0) is 43.2. The summed E-state index contributed by atoms with van der Waals surface area (Å²) in [5, 5.41) is 23.4. The first-order chi connectivity index (χ1) is 27.9. The molecule has 0 saturated carbocycles. The fraction of sp³-hybridized carbons (Fsp3) is 0.659. The van der Waals surface area contributed by atoms with Crippen LogP contribution >= 0.6 is 23.2 Å². The van der Waals surface area contributed by atoms with E-state index in [0.29, 0.717) is 70.9 Å². The minimum atomic E-state index is -0.476. The van der Waals surface area contributed by atoms with E-state index in [2.05, 4.69) is 22.3 Å². The summed E-state index contributed by atoms with van der Waals surface area (Å²) < 4.78 is 22.1. The van der Waals surface area contributed by atoms with Crippen molar-refractivity contribution in [1.29, 1.82) is 0 Å². The maximum absolute atomic E-state index is 12.4. The fourth-order valence-electron chi connectivity index (χ4n) is 7.20. The standard InChI is InChI=1S/C22H33ClN2O4.C12H16ClNO2.C10H17NO3/c1-22(2,3)29-21(27)24-10-8-18(9-11-24)25-13-20(14-26)28-15-19(25)12-16-4-6-17(23)7-5-16;13-10-3-1-9(2-4-10)5-11-8-16-12(7-15)6-14-11;1-10(2,3)14-9(13)11-6-4-8(12)5-7-11/h4-7,18-20,26H,8-15H2,1-3H3;1-4,11-12,14-15H,5-8H2;4-7H2,1-3H3/t19-,20+;11-,12+;/m00./s1. The third kappa shape index (κ3) is 17.5. The number of benzene rings is 2. The predicted octanol–water partition coefficient (Wildman–Crippen LogP) is 6.16. The molecule has 4 saturated heterocycles. The van der Waals surface area contributed by atoms with Crippen LogP contribution in [0.2, 0.25) is 10.0 Å². The van der Waals surface area contributed by atoms with Crippen molar-refractivity contribution in [3.8, 4) is 0 Å². The lowest BCUT2D eigenvalue weighted by Crippen LogP contribution is -2.58. The van der Waals surface area contributed by atoms with Gasteiger partial charge in [-0.1, -0.05) is 47.5 Å². The Labute approximate surface area is 360 Å². The molecular formula is C44H66Cl2N4O9. The molecule has 4 aliphatic rings. The Balaban J connectivity index is 0.000000216. The van der Waals surface area contributed by atoms with Crippen LogP contribution < -0.4 is 5.32 Å². The Kier molecular flexibility index (Phi) is 19.2. The molecule has 330 valence electrons. The number of rotatable bonds is 7. The van der Waals surface area contributed by atoms with Gasteiger partial charge in [-0.3, -0.25) is 9.69 Å². The number of ether oxygens (including phenoxy) is 4. The van der Waals surface area contributed by atoms with Crippen LogP contribution in [0.25, 0.3) is 0 Å². The van der Waals surface area contributed by atoms with Crippen LogP contribution in [-0.2, 0) is 36.6 Å². The van der Waals surface area contributed by atoms with Gasteiger partial charge >= 0.3 is 12.2 Å². The van der Waals surface area contributed by atoms with E-state index in [1.165, 1.54) is 11.1 Å². The zero-order valence-corrected chi connectivity index (χ0v) is 37.2. The fourth-order valence-corrected chi connectivity index (χ4v) is 7.45. The number of halogens is 2. The second-order valence-corrected chi connectivity index (χ2v) is 18.5. The normalized spacial score (nSPS) is 23.3. The van der Waals surface area contributed by atoms with E-state index in [1.807, 2.05) is 77.9 Å². The molecule has 2 amide bonds. The molecule has 0 aliphatic carbocycles. The summed E-state index contributed by atoms with van der Waals surface area (Å²) in [7, 11) is 0. The maximum Gasteiger partial charge on any atom is 0.410 e. The number of likely N-dealkylation sites (tertiary alicyclic amines) is 2. The van der Waals surface area contributed by atoms with Crippen LogP contribution in [0.3, 0.4) is 0 Å². The SMILES string of the molecule is CC(C)(C)OC(=O)N1CCC(=O)CC1.CC(C)(C)OC(=O)N1CCC(N2C[C@H](CO)OC[C@@H]2Cc2ccc(Cl)cc2)CC1.OC[C@H]1CN[C@@H](Cc2ccc(Cl)cc2)CO1. The Morgan fingerprint density at radius 3 is 1.66 bits per heavy atom. The van der Waals surface area contributed by atoms with Gasteiger partial charge in [-0.05, 0) is 103 Å². The van der Waals surface area contributed by atoms with Gasteiger partial charge < -0.3 is 44.3 Å². The zero-order valence-electron chi connectivity index (χ0n) is 35.7. The largest absolute Gasteiger partial charge is 0.444 e. The first kappa shape index (κ1) is 48.7. The lowest BCUT2D eigenvalue weighted by molar-refractivity contribution is -0.121. The summed E-state index contributed by atoms with van der Waals surface area (Å²) in [5.74, 6) is 0.227. The van der Waals surface area contributed by atoms with Gasteiger partial charge in [0.2, 0.25) is 0 Å². The number of aliphatic hydroxyl groups excluding tert-OH is 2. The van der Waals surface area contributed by atoms with Gasteiger partial charge in [-0.15, -0.1) is 0 Å². The first-order valence-electron chi connectivity index (χ1n) is 20.8. The van der Waals surface area contributed by atoms with Crippen molar-refractivity contribution in [2.75, 3.05) is 65.7 Å². The summed E-state index contributed by atoms with van der Waals surface area (Å²) in [6.45, 7) is 16.3. The maximum atomic E-state index is 12.4. The van der Waals surface area contributed by atoms with E-state index in [1.54, 1.807) is 9.80 Å². The highest BCUT2D eigenvalue weighted by molar-refractivity contribution is 6.30. The Bertz CT molecular complexity index is 1580. The van der Waals surface area contributed by atoms with E-state index >= 15 is 0 Å². The quantitative estimate of drug-likeness (QED) is 0.294. The number of morpholine rings is 2.